The molecule has 0 amide bonds. The summed E-state index contributed by atoms with van der Waals surface area (Å²) in [6.07, 6.45) is 7.94. The monoisotopic (exact) mass is 402 g/mol. The highest BCUT2D eigenvalue weighted by atomic mass is 32.2. The van der Waals surface area contributed by atoms with E-state index in [9.17, 15) is 13.3 Å². The standard InChI is InChI=1S/C16H14N6O3S2/c1-27(24,25)22-6-4-11(21-23)14-15(22)18-8-12(20-14)13-9-19-16(26-13)10-3-2-5-17-7-10/h2-3,5,7-9,11H,4,6H2,1H3. The second kappa shape index (κ2) is 6.74. The molecule has 0 radical (unpaired) electrons. The molecule has 0 fully saturated rings. The maximum Gasteiger partial charge on any atom is 0.233 e. The Morgan fingerprint density at radius 3 is 2.81 bits per heavy atom. The van der Waals surface area contributed by atoms with Gasteiger partial charge in [0.25, 0.3) is 0 Å². The van der Waals surface area contributed by atoms with E-state index in [0.717, 1.165) is 26.0 Å². The number of nitrogens with zero attached hydrogens (tertiary/aromatic N) is 6. The Bertz CT molecular complexity index is 1100. The van der Waals surface area contributed by atoms with Crippen molar-refractivity contribution >= 4 is 27.2 Å². The Morgan fingerprint density at radius 2 is 2.11 bits per heavy atom. The van der Waals surface area contributed by atoms with Gasteiger partial charge in [-0.25, -0.2) is 23.4 Å². The van der Waals surface area contributed by atoms with Gasteiger partial charge in [0.2, 0.25) is 10.0 Å². The van der Waals surface area contributed by atoms with Gasteiger partial charge in [0.15, 0.2) is 5.82 Å². The largest absolute Gasteiger partial charge is 0.264 e. The molecule has 0 saturated heterocycles. The molecular weight excluding hydrogens is 388 g/mol. The van der Waals surface area contributed by atoms with Crippen LogP contribution in [0.1, 0.15) is 18.2 Å². The van der Waals surface area contributed by atoms with E-state index in [0.29, 0.717) is 5.69 Å². The average molecular weight is 402 g/mol. The molecule has 4 heterocycles. The van der Waals surface area contributed by atoms with Crippen molar-refractivity contribution in [2.45, 2.75) is 12.5 Å². The molecule has 1 aliphatic rings. The highest BCUT2D eigenvalue weighted by molar-refractivity contribution is 7.92. The lowest BCUT2D eigenvalue weighted by Crippen LogP contribution is -2.36. The summed E-state index contributed by atoms with van der Waals surface area (Å²) in [4.78, 5) is 29.2. The van der Waals surface area contributed by atoms with E-state index in [2.05, 4.69) is 25.1 Å². The number of anilines is 1. The summed E-state index contributed by atoms with van der Waals surface area (Å²) in [6.45, 7) is 0.155. The summed E-state index contributed by atoms with van der Waals surface area (Å²) in [6, 6.07) is 3.01. The fourth-order valence-electron chi connectivity index (χ4n) is 2.85. The van der Waals surface area contributed by atoms with Gasteiger partial charge >= 0.3 is 0 Å². The van der Waals surface area contributed by atoms with Crippen molar-refractivity contribution in [1.29, 1.82) is 0 Å². The van der Waals surface area contributed by atoms with Gasteiger partial charge in [0.05, 0.1) is 17.3 Å². The van der Waals surface area contributed by atoms with E-state index in [4.69, 9.17) is 0 Å². The Balaban J connectivity index is 1.76. The van der Waals surface area contributed by atoms with Gasteiger partial charge in [0, 0.05) is 30.7 Å². The lowest BCUT2D eigenvalue weighted by atomic mass is 10.1. The molecule has 0 aromatic carbocycles. The summed E-state index contributed by atoms with van der Waals surface area (Å²) in [7, 11) is -3.51. The number of nitroso groups, excluding NO2 is 1. The Kier molecular flexibility index (Phi) is 4.40. The van der Waals surface area contributed by atoms with Crippen LogP contribution < -0.4 is 4.31 Å². The van der Waals surface area contributed by atoms with Gasteiger partial charge in [-0.15, -0.1) is 11.3 Å². The zero-order valence-electron chi connectivity index (χ0n) is 14.2. The lowest BCUT2D eigenvalue weighted by molar-refractivity contribution is 0.569. The van der Waals surface area contributed by atoms with Crippen LogP contribution in [-0.4, -0.2) is 41.2 Å². The molecular formula is C16H14N6O3S2. The van der Waals surface area contributed by atoms with Crippen LogP contribution in [0.5, 0.6) is 0 Å². The summed E-state index contributed by atoms with van der Waals surface area (Å²) in [5.74, 6) is 0.161. The molecule has 0 bridgehead atoms. The third kappa shape index (κ3) is 3.30. The van der Waals surface area contributed by atoms with Gasteiger partial charge in [-0.3, -0.25) is 9.29 Å². The minimum Gasteiger partial charge on any atom is -0.264 e. The van der Waals surface area contributed by atoms with Gasteiger partial charge in [-0.05, 0) is 18.6 Å². The highest BCUT2D eigenvalue weighted by Crippen LogP contribution is 2.37. The Labute approximate surface area is 159 Å². The minimum absolute atomic E-state index is 0.155. The number of sulfonamides is 1. The van der Waals surface area contributed by atoms with Crippen molar-refractivity contribution in [3.8, 4) is 21.1 Å². The van der Waals surface area contributed by atoms with E-state index < -0.39 is 16.1 Å². The number of hydrogen-bond donors (Lipinski definition) is 0. The molecule has 4 rings (SSSR count). The highest BCUT2D eigenvalue weighted by Gasteiger charge is 2.33. The van der Waals surface area contributed by atoms with E-state index in [1.165, 1.54) is 17.5 Å². The van der Waals surface area contributed by atoms with Crippen LogP contribution in [0, 0.1) is 4.91 Å². The van der Waals surface area contributed by atoms with Crippen molar-refractivity contribution < 1.29 is 8.42 Å². The van der Waals surface area contributed by atoms with Crippen LogP contribution in [0.3, 0.4) is 0 Å². The first kappa shape index (κ1) is 17.6. The van der Waals surface area contributed by atoms with Crippen LogP contribution >= 0.6 is 11.3 Å². The first-order valence-electron chi connectivity index (χ1n) is 8.01. The van der Waals surface area contributed by atoms with Crippen LogP contribution in [0.4, 0.5) is 5.82 Å². The summed E-state index contributed by atoms with van der Waals surface area (Å²) < 4.78 is 25.2. The molecule has 1 atom stereocenters. The molecule has 27 heavy (non-hydrogen) atoms. The number of rotatable bonds is 4. The van der Waals surface area contributed by atoms with Gasteiger partial charge in [-0.2, -0.15) is 4.91 Å². The normalized spacial score (nSPS) is 16.8. The molecule has 11 heteroatoms. The maximum atomic E-state index is 12.0. The van der Waals surface area contributed by atoms with E-state index >= 15 is 0 Å². The summed E-state index contributed by atoms with van der Waals surface area (Å²) in [5.41, 5.74) is 1.68. The fourth-order valence-corrected chi connectivity index (χ4v) is 4.61. The zero-order valence-corrected chi connectivity index (χ0v) is 15.8. The Morgan fingerprint density at radius 1 is 1.26 bits per heavy atom. The number of thiazole rings is 1. The minimum atomic E-state index is -3.51. The number of hydrogen-bond acceptors (Lipinski definition) is 9. The van der Waals surface area contributed by atoms with Gasteiger partial charge in [0.1, 0.15) is 22.4 Å². The summed E-state index contributed by atoms with van der Waals surface area (Å²) >= 11 is 1.41. The molecule has 1 unspecified atom stereocenters. The molecule has 1 aliphatic heterocycles. The van der Waals surface area contributed by atoms with Crippen LogP contribution in [0.25, 0.3) is 21.1 Å². The quantitative estimate of drug-likeness (QED) is 0.615. The molecule has 138 valence electrons. The van der Waals surface area contributed by atoms with E-state index in [1.807, 2.05) is 12.1 Å². The second-order valence-electron chi connectivity index (χ2n) is 5.98. The molecule has 3 aromatic rings. The Hall–Kier alpha value is -2.79. The van der Waals surface area contributed by atoms with Crippen molar-refractivity contribution in [2.75, 3.05) is 17.1 Å². The third-order valence-electron chi connectivity index (χ3n) is 4.13. The maximum absolute atomic E-state index is 12.0. The van der Waals surface area contributed by atoms with Crippen molar-refractivity contribution in [3.05, 3.63) is 47.5 Å². The van der Waals surface area contributed by atoms with Crippen LogP contribution in [-0.2, 0) is 10.0 Å². The topological polar surface area (TPSA) is 118 Å². The number of fused-ring (bicyclic) bond motifs is 1. The van der Waals surface area contributed by atoms with Gasteiger partial charge < -0.3 is 0 Å². The van der Waals surface area contributed by atoms with Crippen LogP contribution in [0.15, 0.2) is 42.1 Å². The third-order valence-corrected chi connectivity index (χ3v) is 6.36. The fraction of sp³-hybridized carbons (Fsp3) is 0.250. The van der Waals surface area contributed by atoms with Crippen molar-refractivity contribution in [1.82, 2.24) is 19.9 Å². The zero-order chi connectivity index (χ0) is 19.0. The first-order chi connectivity index (χ1) is 13.0. The number of pyridine rings is 1. The second-order valence-corrected chi connectivity index (χ2v) is 8.92. The van der Waals surface area contributed by atoms with Gasteiger partial charge in [-0.1, -0.05) is 5.18 Å². The smallest absolute Gasteiger partial charge is 0.233 e. The predicted molar refractivity (Wildman–Crippen MR) is 102 cm³/mol. The molecule has 0 aliphatic carbocycles. The van der Waals surface area contributed by atoms with Crippen LogP contribution in [0.2, 0.25) is 0 Å². The molecule has 0 N–H and O–H groups in total. The molecule has 3 aromatic heterocycles. The average Bonchev–Trinajstić information content (AvgIpc) is 3.17. The molecule has 0 saturated carbocycles. The molecule has 9 nitrogen and oxygen atoms in total. The van der Waals surface area contributed by atoms with E-state index in [-0.39, 0.29) is 24.5 Å². The SMILES string of the molecule is CS(=O)(=O)N1CCC(N=O)c2nc(-c3cnc(-c4cccnc4)s3)cnc21. The number of aromatic nitrogens is 4. The molecule has 0 spiro atoms. The lowest BCUT2D eigenvalue weighted by Gasteiger charge is -2.29. The van der Waals surface area contributed by atoms with Crippen molar-refractivity contribution in [2.24, 2.45) is 5.18 Å². The summed E-state index contributed by atoms with van der Waals surface area (Å²) in [5, 5.41) is 3.88. The van der Waals surface area contributed by atoms with E-state index in [1.54, 1.807) is 18.6 Å². The predicted octanol–water partition coefficient (Wildman–Crippen LogP) is 2.64. The van der Waals surface area contributed by atoms with Crippen molar-refractivity contribution in [3.63, 3.8) is 0 Å². The first-order valence-corrected chi connectivity index (χ1v) is 10.7.